The van der Waals surface area contributed by atoms with Crippen molar-refractivity contribution in [2.75, 3.05) is 5.43 Å². The fourth-order valence-electron chi connectivity index (χ4n) is 2.17. The molecule has 0 aliphatic carbocycles. The fourth-order valence-corrected chi connectivity index (χ4v) is 2.69. The van der Waals surface area contributed by atoms with Crippen LogP contribution in [0.15, 0.2) is 83.1 Å². The maximum atomic E-state index is 12.0. The highest BCUT2D eigenvalue weighted by Crippen LogP contribution is 2.14. The normalized spacial score (nSPS) is 11.3. The number of carbonyl (C=O) groups is 1. The second-order valence-corrected chi connectivity index (χ2v) is 7.20. The van der Waals surface area contributed by atoms with Crippen molar-refractivity contribution >= 4 is 27.9 Å². The highest BCUT2D eigenvalue weighted by molar-refractivity contribution is 7.89. The predicted octanol–water partition coefficient (Wildman–Crippen LogP) is 2.39. The molecule has 2 aromatic carbocycles. The molecule has 0 amide bonds. The molecule has 0 radical (unpaired) electrons. The van der Waals surface area contributed by atoms with E-state index < -0.39 is 16.0 Å². The van der Waals surface area contributed by atoms with Crippen LogP contribution in [0.3, 0.4) is 0 Å². The number of esters is 1. The van der Waals surface area contributed by atoms with Crippen LogP contribution in [0.5, 0.6) is 5.75 Å². The number of nitrogens with two attached hydrogens (primary N) is 1. The van der Waals surface area contributed by atoms with Crippen LogP contribution in [-0.2, 0) is 10.0 Å². The second kappa shape index (κ2) is 8.42. The zero-order valence-corrected chi connectivity index (χ0v) is 15.3. The van der Waals surface area contributed by atoms with E-state index in [1.807, 2.05) is 0 Å². The molecule has 0 unspecified atom stereocenters. The number of hydrogen-bond acceptors (Lipinski definition) is 7. The van der Waals surface area contributed by atoms with E-state index >= 15 is 0 Å². The number of sulfonamides is 1. The number of hydrazone groups is 1. The largest absolute Gasteiger partial charge is 0.423 e. The average molecular weight is 396 g/mol. The standard InChI is InChI=1S/C19H16N4O4S/c20-28(25,26)18-9-5-16(6-10-18)23-22-12-14-3-7-17(8-4-14)27-19(24)15-2-1-11-21-13-15/h1-13,23H,(H2,20,25,26)/b22-12+. The lowest BCUT2D eigenvalue weighted by Gasteiger charge is -2.04. The lowest BCUT2D eigenvalue weighted by molar-refractivity contribution is 0.0734. The van der Waals surface area contributed by atoms with Gasteiger partial charge < -0.3 is 4.74 Å². The van der Waals surface area contributed by atoms with Crippen LogP contribution >= 0.6 is 0 Å². The Balaban J connectivity index is 1.57. The Bertz CT molecular complexity index is 1080. The van der Waals surface area contributed by atoms with Crippen molar-refractivity contribution in [3.05, 3.63) is 84.2 Å². The molecule has 0 atom stereocenters. The Kier molecular flexibility index (Phi) is 5.78. The van der Waals surface area contributed by atoms with Crippen molar-refractivity contribution in [2.24, 2.45) is 10.2 Å². The van der Waals surface area contributed by atoms with E-state index in [4.69, 9.17) is 9.88 Å². The zero-order valence-electron chi connectivity index (χ0n) is 14.5. The summed E-state index contributed by atoms with van der Waals surface area (Å²) in [4.78, 5) is 15.9. The molecule has 3 N–H and O–H groups in total. The van der Waals surface area contributed by atoms with Gasteiger partial charge in [-0.25, -0.2) is 18.4 Å². The molecule has 0 fully saturated rings. The third-order valence-corrected chi connectivity index (χ3v) is 4.51. The summed E-state index contributed by atoms with van der Waals surface area (Å²) in [5.41, 5.74) is 4.52. The first-order valence-electron chi connectivity index (χ1n) is 8.06. The predicted molar refractivity (Wildman–Crippen MR) is 105 cm³/mol. The van der Waals surface area contributed by atoms with Crippen molar-refractivity contribution < 1.29 is 17.9 Å². The first-order chi connectivity index (χ1) is 13.4. The minimum absolute atomic E-state index is 0.0263. The van der Waals surface area contributed by atoms with Crippen molar-refractivity contribution in [3.8, 4) is 5.75 Å². The molecule has 0 saturated heterocycles. The van der Waals surface area contributed by atoms with Gasteiger partial charge in [0.2, 0.25) is 10.0 Å². The Morgan fingerprint density at radius 1 is 1.07 bits per heavy atom. The monoisotopic (exact) mass is 396 g/mol. The summed E-state index contributed by atoms with van der Waals surface area (Å²) in [7, 11) is -3.72. The Labute approximate surface area is 161 Å². The molecule has 9 heteroatoms. The van der Waals surface area contributed by atoms with Crippen molar-refractivity contribution in [1.82, 2.24) is 4.98 Å². The number of benzene rings is 2. The lowest BCUT2D eigenvalue weighted by atomic mass is 10.2. The highest BCUT2D eigenvalue weighted by Gasteiger charge is 2.08. The summed E-state index contributed by atoms with van der Waals surface area (Å²) in [6.45, 7) is 0. The zero-order chi connectivity index (χ0) is 20.0. The lowest BCUT2D eigenvalue weighted by Crippen LogP contribution is -2.11. The van der Waals surface area contributed by atoms with Gasteiger partial charge in [-0.3, -0.25) is 10.4 Å². The summed E-state index contributed by atoms with van der Waals surface area (Å²) < 4.78 is 27.7. The number of nitrogens with one attached hydrogen (secondary N) is 1. The fraction of sp³-hybridized carbons (Fsp3) is 0. The SMILES string of the molecule is NS(=O)(=O)c1ccc(N/N=C/c2ccc(OC(=O)c3cccnc3)cc2)cc1. The van der Waals surface area contributed by atoms with Crippen LogP contribution in [0.4, 0.5) is 5.69 Å². The molecule has 28 heavy (non-hydrogen) atoms. The first kappa shape index (κ1) is 19.2. The highest BCUT2D eigenvalue weighted by atomic mass is 32.2. The number of pyridine rings is 1. The van der Waals surface area contributed by atoms with E-state index in [9.17, 15) is 13.2 Å². The molecular weight excluding hydrogens is 380 g/mol. The maximum Gasteiger partial charge on any atom is 0.345 e. The maximum absolute atomic E-state index is 12.0. The van der Waals surface area contributed by atoms with Crippen LogP contribution in [-0.4, -0.2) is 25.6 Å². The van der Waals surface area contributed by atoms with Crippen molar-refractivity contribution in [1.29, 1.82) is 0 Å². The summed E-state index contributed by atoms with van der Waals surface area (Å²) in [5, 5.41) is 9.12. The number of aromatic nitrogens is 1. The van der Waals surface area contributed by atoms with Gasteiger partial charge in [0, 0.05) is 12.4 Å². The van der Waals surface area contributed by atoms with Gasteiger partial charge in [0.05, 0.1) is 22.4 Å². The quantitative estimate of drug-likeness (QED) is 0.285. The number of hydrogen-bond donors (Lipinski definition) is 2. The molecule has 0 spiro atoms. The first-order valence-corrected chi connectivity index (χ1v) is 9.61. The number of carbonyl (C=O) groups excluding carboxylic acids is 1. The molecule has 0 saturated carbocycles. The minimum Gasteiger partial charge on any atom is -0.423 e. The Morgan fingerprint density at radius 3 is 2.39 bits per heavy atom. The van der Waals surface area contributed by atoms with Gasteiger partial charge in [-0.15, -0.1) is 0 Å². The number of anilines is 1. The van der Waals surface area contributed by atoms with E-state index in [1.54, 1.807) is 60.9 Å². The van der Waals surface area contributed by atoms with Crippen LogP contribution in [0.2, 0.25) is 0 Å². The average Bonchev–Trinajstić information content (AvgIpc) is 2.70. The summed E-state index contributed by atoms with van der Waals surface area (Å²) >= 11 is 0. The van der Waals surface area contributed by atoms with E-state index in [0.717, 1.165) is 5.56 Å². The van der Waals surface area contributed by atoms with Crippen molar-refractivity contribution in [2.45, 2.75) is 4.90 Å². The van der Waals surface area contributed by atoms with E-state index in [0.29, 0.717) is 17.0 Å². The smallest absolute Gasteiger partial charge is 0.345 e. The van der Waals surface area contributed by atoms with Crippen LogP contribution in [0.25, 0.3) is 0 Å². The van der Waals surface area contributed by atoms with E-state index in [2.05, 4.69) is 15.5 Å². The van der Waals surface area contributed by atoms with Crippen LogP contribution in [0.1, 0.15) is 15.9 Å². The van der Waals surface area contributed by atoms with Gasteiger partial charge in [0.15, 0.2) is 0 Å². The van der Waals surface area contributed by atoms with Crippen LogP contribution in [0, 0.1) is 0 Å². The number of ether oxygens (including phenoxy) is 1. The number of rotatable bonds is 6. The molecule has 0 bridgehead atoms. The van der Waals surface area contributed by atoms with Gasteiger partial charge in [0.25, 0.3) is 0 Å². The summed E-state index contributed by atoms with van der Waals surface area (Å²) in [6, 6.07) is 15.9. The van der Waals surface area contributed by atoms with Gasteiger partial charge >= 0.3 is 5.97 Å². The molecule has 8 nitrogen and oxygen atoms in total. The molecule has 0 aliphatic heterocycles. The third kappa shape index (κ3) is 5.22. The minimum atomic E-state index is -3.72. The van der Waals surface area contributed by atoms with E-state index in [-0.39, 0.29) is 4.90 Å². The summed E-state index contributed by atoms with van der Waals surface area (Å²) in [6.07, 6.45) is 4.58. The Hall–Kier alpha value is -3.56. The molecule has 142 valence electrons. The van der Waals surface area contributed by atoms with Gasteiger partial charge in [0.1, 0.15) is 5.75 Å². The Morgan fingerprint density at radius 2 is 1.79 bits per heavy atom. The van der Waals surface area contributed by atoms with Gasteiger partial charge in [-0.05, 0) is 66.2 Å². The molecule has 0 aliphatic rings. The van der Waals surface area contributed by atoms with Crippen molar-refractivity contribution in [3.63, 3.8) is 0 Å². The summed E-state index contributed by atoms with van der Waals surface area (Å²) in [5.74, 6) is -0.0864. The van der Waals surface area contributed by atoms with Gasteiger partial charge in [-0.2, -0.15) is 5.10 Å². The van der Waals surface area contributed by atoms with Gasteiger partial charge in [-0.1, -0.05) is 0 Å². The molecule has 3 rings (SSSR count). The van der Waals surface area contributed by atoms with Crippen LogP contribution < -0.4 is 15.3 Å². The molecule has 3 aromatic rings. The second-order valence-electron chi connectivity index (χ2n) is 5.64. The van der Waals surface area contributed by atoms with E-state index in [1.165, 1.54) is 18.3 Å². The number of primary sulfonamides is 1. The molecule has 1 heterocycles. The molecular formula is C19H16N4O4S. The third-order valence-electron chi connectivity index (χ3n) is 3.58. The number of nitrogens with zero attached hydrogens (tertiary/aromatic N) is 2. The topological polar surface area (TPSA) is 124 Å². The molecule has 1 aromatic heterocycles.